The van der Waals surface area contributed by atoms with E-state index in [1.807, 2.05) is 67.3 Å². The number of aliphatic hydroxyl groups is 1. The number of benzene rings is 2. The lowest BCUT2D eigenvalue weighted by molar-refractivity contribution is 0.102. The molecule has 10 heteroatoms. The number of pyridine rings is 1. The number of carbonyl (C=O) groups is 1. The van der Waals surface area contributed by atoms with Crippen LogP contribution < -0.4 is 20.2 Å². The molecular weight excluding hydrogens is 534 g/mol. The second kappa shape index (κ2) is 14.2. The number of likely N-dealkylation sites (tertiary alicyclic amines) is 1. The maximum absolute atomic E-state index is 13.0. The number of piperidine rings is 1. The van der Waals surface area contributed by atoms with Gasteiger partial charge in [0.15, 0.2) is 11.5 Å². The summed E-state index contributed by atoms with van der Waals surface area (Å²) in [6.45, 7) is 6.31. The third-order valence-electron chi connectivity index (χ3n) is 7.53. The number of aromatic nitrogens is 2. The second-order valence-electron chi connectivity index (χ2n) is 10.2. The number of β-amino-alcohol motifs (C(OH)–C–C–N with tert-alkyl or cyclic N) is 1. The van der Waals surface area contributed by atoms with E-state index in [9.17, 15) is 4.79 Å². The minimum atomic E-state index is -0.237. The fourth-order valence-electron chi connectivity index (χ4n) is 5.28. The van der Waals surface area contributed by atoms with Crippen LogP contribution in [0.15, 0.2) is 67.0 Å². The molecule has 5 rings (SSSR count). The first kappa shape index (κ1) is 29.4. The van der Waals surface area contributed by atoms with Crippen LogP contribution in [0.3, 0.4) is 0 Å². The molecule has 1 amide bonds. The standard InChI is InChI=1S/C32H39N5O5/c1-3-40-18-19-41-29-22-28-26(11-15-37(28)33-2)20-30(29)42-27-8-12-34-31(21-27)35-32(39)25-6-4-23(5-7-25)24-9-13-36(14-10-24)16-17-38/h4-8,11-12,15,20-22,24,33,38H,3,9-10,13-14,16-19H2,1-2H3,(H,34,35,39). The molecule has 0 unspecified atom stereocenters. The van der Waals surface area contributed by atoms with Crippen LogP contribution in [0.5, 0.6) is 17.2 Å². The van der Waals surface area contributed by atoms with E-state index in [0.29, 0.717) is 54.4 Å². The van der Waals surface area contributed by atoms with Crippen molar-refractivity contribution in [2.24, 2.45) is 0 Å². The zero-order chi connectivity index (χ0) is 29.3. The van der Waals surface area contributed by atoms with Gasteiger partial charge in [-0.1, -0.05) is 12.1 Å². The zero-order valence-electron chi connectivity index (χ0n) is 24.2. The Labute approximate surface area is 246 Å². The van der Waals surface area contributed by atoms with Crippen molar-refractivity contribution in [1.82, 2.24) is 14.6 Å². The molecule has 0 spiro atoms. The van der Waals surface area contributed by atoms with Gasteiger partial charge in [-0.25, -0.2) is 4.98 Å². The third-order valence-corrected chi connectivity index (χ3v) is 7.53. The predicted octanol–water partition coefficient (Wildman–Crippen LogP) is 4.84. The molecule has 0 bridgehead atoms. The fourth-order valence-corrected chi connectivity index (χ4v) is 5.28. The van der Waals surface area contributed by atoms with Gasteiger partial charge >= 0.3 is 0 Å². The summed E-state index contributed by atoms with van der Waals surface area (Å²) in [4.78, 5) is 19.6. The summed E-state index contributed by atoms with van der Waals surface area (Å²) in [5.74, 6) is 2.27. The van der Waals surface area contributed by atoms with Crippen molar-refractivity contribution in [2.75, 3.05) is 63.9 Å². The highest BCUT2D eigenvalue weighted by Crippen LogP contribution is 2.36. The van der Waals surface area contributed by atoms with Crippen molar-refractivity contribution in [3.63, 3.8) is 0 Å². The second-order valence-corrected chi connectivity index (χ2v) is 10.2. The summed E-state index contributed by atoms with van der Waals surface area (Å²) < 4.78 is 19.6. The molecule has 0 atom stereocenters. The molecule has 1 saturated heterocycles. The number of carbonyl (C=O) groups excluding carboxylic acids is 1. The lowest BCUT2D eigenvalue weighted by Crippen LogP contribution is -2.34. The topological polar surface area (TPSA) is 110 Å². The van der Waals surface area contributed by atoms with Crippen LogP contribution in [0.2, 0.25) is 0 Å². The van der Waals surface area contributed by atoms with E-state index in [2.05, 4.69) is 20.6 Å². The lowest BCUT2D eigenvalue weighted by atomic mass is 9.89. The molecule has 10 nitrogen and oxygen atoms in total. The van der Waals surface area contributed by atoms with E-state index in [4.69, 9.17) is 19.3 Å². The molecule has 3 N–H and O–H groups in total. The van der Waals surface area contributed by atoms with E-state index in [1.54, 1.807) is 18.3 Å². The number of aliphatic hydroxyl groups excluding tert-OH is 1. The Morgan fingerprint density at radius 1 is 1.05 bits per heavy atom. The van der Waals surface area contributed by atoms with Gasteiger partial charge in [-0.05, 0) is 74.7 Å². The van der Waals surface area contributed by atoms with Gasteiger partial charge in [0, 0.05) is 55.7 Å². The zero-order valence-corrected chi connectivity index (χ0v) is 24.2. The first-order valence-corrected chi connectivity index (χ1v) is 14.5. The normalized spacial score (nSPS) is 14.2. The largest absolute Gasteiger partial charge is 0.487 e. The van der Waals surface area contributed by atoms with Gasteiger partial charge in [0.25, 0.3) is 5.91 Å². The Bertz CT molecular complexity index is 1460. The number of nitrogens with one attached hydrogen (secondary N) is 2. The monoisotopic (exact) mass is 573 g/mol. The van der Waals surface area contributed by atoms with Crippen molar-refractivity contribution in [2.45, 2.75) is 25.7 Å². The number of rotatable bonds is 13. The lowest BCUT2D eigenvalue weighted by Gasteiger charge is -2.31. The molecule has 1 aliphatic rings. The third kappa shape index (κ3) is 7.20. The minimum Gasteiger partial charge on any atom is -0.487 e. The minimum absolute atomic E-state index is 0.199. The fraction of sp³-hybridized carbons (Fsp3) is 0.375. The molecule has 1 fully saturated rings. The number of nitrogens with zero attached hydrogens (tertiary/aromatic N) is 3. The van der Waals surface area contributed by atoms with Gasteiger partial charge in [-0.2, -0.15) is 0 Å². The molecular formula is C32H39N5O5. The number of ether oxygens (including phenoxy) is 3. The maximum atomic E-state index is 13.0. The quantitative estimate of drug-likeness (QED) is 0.195. The van der Waals surface area contributed by atoms with Crippen molar-refractivity contribution in [3.05, 3.63) is 78.1 Å². The summed E-state index contributed by atoms with van der Waals surface area (Å²) in [5, 5.41) is 13.0. The van der Waals surface area contributed by atoms with E-state index in [1.165, 1.54) is 5.56 Å². The van der Waals surface area contributed by atoms with Gasteiger partial charge in [0.1, 0.15) is 18.2 Å². The average Bonchev–Trinajstić information content (AvgIpc) is 3.42. The SMILES string of the molecule is CCOCCOc1cc2c(ccn2NC)cc1Oc1ccnc(NC(=O)c2ccc(C3CCN(CCO)CC3)cc2)c1. The molecule has 0 saturated carbocycles. The van der Waals surface area contributed by atoms with E-state index in [0.717, 1.165) is 43.4 Å². The van der Waals surface area contributed by atoms with Crippen LogP contribution in [0.4, 0.5) is 5.82 Å². The van der Waals surface area contributed by atoms with Crippen LogP contribution in [0.1, 0.15) is 41.6 Å². The molecule has 2 aromatic heterocycles. The van der Waals surface area contributed by atoms with Crippen LogP contribution in [0, 0.1) is 0 Å². The average molecular weight is 574 g/mol. The number of hydrogen-bond donors (Lipinski definition) is 3. The van der Waals surface area contributed by atoms with E-state index >= 15 is 0 Å². The molecule has 222 valence electrons. The molecule has 2 aromatic carbocycles. The Hall–Kier alpha value is -4.12. The summed E-state index contributed by atoms with van der Waals surface area (Å²) in [7, 11) is 1.85. The van der Waals surface area contributed by atoms with Gasteiger partial charge in [-0.3, -0.25) is 9.47 Å². The van der Waals surface area contributed by atoms with Crippen LogP contribution >= 0.6 is 0 Å². The summed E-state index contributed by atoms with van der Waals surface area (Å²) in [6, 6.07) is 17.1. The molecule has 0 aliphatic carbocycles. The van der Waals surface area contributed by atoms with Crippen molar-refractivity contribution in [3.8, 4) is 17.2 Å². The molecule has 42 heavy (non-hydrogen) atoms. The molecule has 0 radical (unpaired) electrons. The Morgan fingerprint density at radius 2 is 1.86 bits per heavy atom. The van der Waals surface area contributed by atoms with Crippen LogP contribution in [0.25, 0.3) is 10.9 Å². The molecule has 4 aromatic rings. The summed E-state index contributed by atoms with van der Waals surface area (Å²) in [6.07, 6.45) is 5.64. The van der Waals surface area contributed by atoms with Crippen molar-refractivity contribution in [1.29, 1.82) is 0 Å². The van der Waals surface area contributed by atoms with Gasteiger partial charge in [-0.15, -0.1) is 0 Å². The van der Waals surface area contributed by atoms with Crippen LogP contribution in [-0.2, 0) is 4.74 Å². The maximum Gasteiger partial charge on any atom is 0.256 e. The number of amides is 1. The molecule has 1 aliphatic heterocycles. The highest BCUT2D eigenvalue weighted by molar-refractivity contribution is 6.03. The van der Waals surface area contributed by atoms with Gasteiger partial charge in [0.2, 0.25) is 0 Å². The van der Waals surface area contributed by atoms with Gasteiger partial charge < -0.3 is 35.0 Å². The van der Waals surface area contributed by atoms with E-state index < -0.39 is 0 Å². The Kier molecular flexibility index (Phi) is 9.91. The summed E-state index contributed by atoms with van der Waals surface area (Å²) in [5.41, 5.74) is 5.89. The summed E-state index contributed by atoms with van der Waals surface area (Å²) >= 11 is 0. The highest BCUT2D eigenvalue weighted by atomic mass is 16.5. The van der Waals surface area contributed by atoms with Gasteiger partial charge in [0.05, 0.1) is 18.7 Å². The highest BCUT2D eigenvalue weighted by Gasteiger charge is 2.20. The Balaban J connectivity index is 1.25. The first-order chi connectivity index (χ1) is 20.6. The number of fused-ring (bicyclic) bond motifs is 1. The van der Waals surface area contributed by atoms with Crippen molar-refractivity contribution >= 4 is 22.6 Å². The number of anilines is 1. The molecule has 3 heterocycles. The van der Waals surface area contributed by atoms with E-state index in [-0.39, 0.29) is 12.5 Å². The first-order valence-electron chi connectivity index (χ1n) is 14.5. The number of hydrogen-bond acceptors (Lipinski definition) is 8. The van der Waals surface area contributed by atoms with Crippen LogP contribution in [-0.4, -0.2) is 78.7 Å². The van der Waals surface area contributed by atoms with Crippen molar-refractivity contribution < 1.29 is 24.1 Å². The Morgan fingerprint density at radius 3 is 2.60 bits per heavy atom. The predicted molar refractivity (Wildman–Crippen MR) is 163 cm³/mol. The smallest absolute Gasteiger partial charge is 0.256 e.